The molecule has 0 fully saturated rings. The molecule has 0 unspecified atom stereocenters. The van der Waals surface area contributed by atoms with Crippen LogP contribution in [0.5, 0.6) is 0 Å². The van der Waals surface area contributed by atoms with Crippen molar-refractivity contribution in [2.24, 2.45) is 0 Å². The van der Waals surface area contributed by atoms with Gasteiger partial charge in [0.25, 0.3) is 0 Å². The molecule has 0 aliphatic heterocycles. The van der Waals surface area contributed by atoms with E-state index in [1.807, 2.05) is 0 Å². The molecular weight excluding hydrogens is 697 g/mol. The fourth-order valence-electron chi connectivity index (χ4n) is 6.88. The van der Waals surface area contributed by atoms with Crippen molar-refractivity contribution in [1.29, 1.82) is 0 Å². The van der Waals surface area contributed by atoms with Gasteiger partial charge < -0.3 is 14.4 Å². The standard InChI is InChI=1S/C44H34IN3/c1-31-17-9-13-25-39(31)46(33-18-5-3-6-19-33)43-29-35(48-40-26-14-10-22-36(40)37-23-11-15-27-41(37)48)30-44(32(43)2)47(34-20-7-4-8-21-34)42-28-16-12-24-38(42)45/h3-30H,1-2H3. The van der Waals surface area contributed by atoms with Gasteiger partial charge in [-0.25, -0.2) is 0 Å². The van der Waals surface area contributed by atoms with Gasteiger partial charge in [0.2, 0.25) is 0 Å². The number of fused-ring (bicyclic) bond motifs is 3. The predicted molar refractivity (Wildman–Crippen MR) is 212 cm³/mol. The third kappa shape index (κ3) is 5.23. The lowest BCUT2D eigenvalue weighted by molar-refractivity contribution is 1.14. The molecule has 0 saturated carbocycles. The number of anilines is 6. The van der Waals surface area contributed by atoms with Crippen LogP contribution in [0.1, 0.15) is 11.1 Å². The lowest BCUT2D eigenvalue weighted by Crippen LogP contribution is -2.17. The van der Waals surface area contributed by atoms with Gasteiger partial charge in [0, 0.05) is 31.4 Å². The van der Waals surface area contributed by atoms with Gasteiger partial charge in [-0.05, 0) is 114 Å². The molecule has 1 heterocycles. The number of aryl methyl sites for hydroxylation is 1. The summed E-state index contributed by atoms with van der Waals surface area (Å²) in [5.41, 5.74) is 12.6. The first-order valence-corrected chi connectivity index (χ1v) is 17.3. The van der Waals surface area contributed by atoms with E-state index in [1.165, 1.54) is 36.5 Å². The maximum atomic E-state index is 2.47. The van der Waals surface area contributed by atoms with Crippen LogP contribution in [0.25, 0.3) is 27.5 Å². The zero-order valence-corrected chi connectivity index (χ0v) is 29.0. The van der Waals surface area contributed by atoms with Crippen LogP contribution in [0.2, 0.25) is 0 Å². The van der Waals surface area contributed by atoms with E-state index < -0.39 is 0 Å². The van der Waals surface area contributed by atoms with E-state index in [9.17, 15) is 0 Å². The Hall–Kier alpha value is -5.33. The van der Waals surface area contributed by atoms with Crippen molar-refractivity contribution in [1.82, 2.24) is 4.57 Å². The van der Waals surface area contributed by atoms with Crippen LogP contribution < -0.4 is 9.80 Å². The van der Waals surface area contributed by atoms with E-state index in [2.05, 4.69) is 221 Å². The number of benzene rings is 7. The van der Waals surface area contributed by atoms with E-state index in [4.69, 9.17) is 0 Å². The summed E-state index contributed by atoms with van der Waals surface area (Å²) >= 11 is 2.47. The van der Waals surface area contributed by atoms with Crippen molar-refractivity contribution >= 4 is 78.5 Å². The largest absolute Gasteiger partial charge is 0.310 e. The van der Waals surface area contributed by atoms with Crippen LogP contribution in [0, 0.1) is 17.4 Å². The van der Waals surface area contributed by atoms with Crippen LogP contribution >= 0.6 is 22.6 Å². The molecule has 0 bridgehead atoms. The van der Waals surface area contributed by atoms with Crippen molar-refractivity contribution in [3.63, 3.8) is 0 Å². The van der Waals surface area contributed by atoms with E-state index in [0.29, 0.717) is 0 Å². The predicted octanol–water partition coefficient (Wildman–Crippen LogP) is 12.9. The Morgan fingerprint density at radius 3 is 1.42 bits per heavy atom. The molecule has 7 aromatic carbocycles. The topological polar surface area (TPSA) is 11.4 Å². The first-order chi connectivity index (χ1) is 23.6. The normalized spacial score (nSPS) is 11.2. The van der Waals surface area contributed by atoms with Crippen molar-refractivity contribution in [2.75, 3.05) is 9.80 Å². The number of rotatable bonds is 7. The average Bonchev–Trinajstić information content (AvgIpc) is 3.47. The molecule has 4 heteroatoms. The Bertz CT molecular complexity index is 2230. The summed E-state index contributed by atoms with van der Waals surface area (Å²) in [7, 11) is 0. The fourth-order valence-corrected chi connectivity index (χ4v) is 7.51. The van der Waals surface area contributed by atoms with Gasteiger partial charge in [-0.3, -0.25) is 0 Å². The quantitative estimate of drug-likeness (QED) is 0.151. The molecule has 8 rings (SSSR count). The minimum absolute atomic E-state index is 1.10. The van der Waals surface area contributed by atoms with Gasteiger partial charge in [-0.1, -0.05) is 103 Å². The second-order valence-corrected chi connectivity index (χ2v) is 13.2. The van der Waals surface area contributed by atoms with Crippen molar-refractivity contribution in [3.05, 3.63) is 185 Å². The van der Waals surface area contributed by atoms with Crippen LogP contribution in [0.3, 0.4) is 0 Å². The van der Waals surface area contributed by atoms with Crippen LogP contribution in [0.15, 0.2) is 170 Å². The summed E-state index contributed by atoms with van der Waals surface area (Å²) in [6.07, 6.45) is 0. The van der Waals surface area contributed by atoms with Gasteiger partial charge in [-0.15, -0.1) is 0 Å². The maximum Gasteiger partial charge on any atom is 0.0595 e. The summed E-state index contributed by atoms with van der Waals surface area (Å²) in [6.45, 7) is 4.46. The zero-order chi connectivity index (χ0) is 32.6. The molecule has 0 N–H and O–H groups in total. The van der Waals surface area contributed by atoms with Crippen molar-refractivity contribution < 1.29 is 0 Å². The number of para-hydroxylation sites is 6. The average molecular weight is 732 g/mol. The SMILES string of the molecule is Cc1ccccc1N(c1ccccc1)c1cc(-n2c3ccccc3c3ccccc32)cc(N(c2ccccc2)c2ccccc2I)c1C. The number of aromatic nitrogens is 1. The highest BCUT2D eigenvalue weighted by atomic mass is 127. The molecule has 8 aromatic rings. The number of nitrogens with zero attached hydrogens (tertiary/aromatic N) is 3. The number of hydrogen-bond acceptors (Lipinski definition) is 2. The smallest absolute Gasteiger partial charge is 0.0595 e. The summed E-state index contributed by atoms with van der Waals surface area (Å²) in [4.78, 5) is 4.84. The summed E-state index contributed by atoms with van der Waals surface area (Å²) in [5.74, 6) is 0. The van der Waals surface area contributed by atoms with E-state index in [-0.39, 0.29) is 0 Å². The highest BCUT2D eigenvalue weighted by Gasteiger charge is 2.25. The van der Waals surface area contributed by atoms with E-state index >= 15 is 0 Å². The minimum Gasteiger partial charge on any atom is -0.310 e. The van der Waals surface area contributed by atoms with Crippen LogP contribution in [0.4, 0.5) is 34.1 Å². The molecule has 0 aliphatic rings. The van der Waals surface area contributed by atoms with Crippen molar-refractivity contribution in [2.45, 2.75) is 13.8 Å². The zero-order valence-electron chi connectivity index (χ0n) is 26.9. The molecular formula is C44H34IN3. The van der Waals surface area contributed by atoms with Gasteiger partial charge in [0.15, 0.2) is 0 Å². The Labute approximate surface area is 295 Å². The second kappa shape index (κ2) is 12.7. The number of hydrogen-bond donors (Lipinski definition) is 0. The summed E-state index contributed by atoms with van der Waals surface area (Å²) in [6, 6.07) is 61.0. The molecule has 48 heavy (non-hydrogen) atoms. The first kappa shape index (κ1) is 30.0. The molecule has 232 valence electrons. The van der Waals surface area contributed by atoms with Gasteiger partial charge in [0.1, 0.15) is 0 Å². The lowest BCUT2D eigenvalue weighted by Gasteiger charge is -2.33. The Balaban J connectivity index is 1.51. The molecule has 3 nitrogen and oxygen atoms in total. The maximum absolute atomic E-state index is 2.47. The Kier molecular flexibility index (Phi) is 7.95. The fraction of sp³-hybridized carbons (Fsp3) is 0.0455. The van der Waals surface area contributed by atoms with Gasteiger partial charge >= 0.3 is 0 Å². The Morgan fingerprint density at radius 1 is 0.438 bits per heavy atom. The van der Waals surface area contributed by atoms with Gasteiger partial charge in [0.05, 0.1) is 33.8 Å². The van der Waals surface area contributed by atoms with E-state index in [1.54, 1.807) is 0 Å². The third-order valence-corrected chi connectivity index (χ3v) is 10.0. The van der Waals surface area contributed by atoms with Crippen molar-refractivity contribution in [3.8, 4) is 5.69 Å². The van der Waals surface area contributed by atoms with Gasteiger partial charge in [-0.2, -0.15) is 0 Å². The number of halogens is 1. The summed E-state index contributed by atoms with van der Waals surface area (Å²) in [5, 5.41) is 2.49. The Morgan fingerprint density at radius 2 is 0.875 bits per heavy atom. The highest BCUT2D eigenvalue weighted by molar-refractivity contribution is 14.1. The second-order valence-electron chi connectivity index (χ2n) is 12.1. The van der Waals surface area contributed by atoms with Crippen LogP contribution in [-0.4, -0.2) is 4.57 Å². The molecule has 0 saturated heterocycles. The monoisotopic (exact) mass is 731 g/mol. The molecule has 0 spiro atoms. The third-order valence-electron chi connectivity index (χ3n) is 9.14. The molecule has 0 amide bonds. The highest BCUT2D eigenvalue weighted by Crippen LogP contribution is 2.47. The van der Waals surface area contributed by atoms with E-state index in [0.717, 1.165) is 39.8 Å². The molecule has 0 radical (unpaired) electrons. The molecule has 0 aliphatic carbocycles. The molecule has 1 aromatic heterocycles. The minimum atomic E-state index is 1.10. The first-order valence-electron chi connectivity index (χ1n) is 16.2. The molecule has 0 atom stereocenters. The lowest BCUT2D eigenvalue weighted by atomic mass is 10.0. The summed E-state index contributed by atoms with van der Waals surface area (Å²) < 4.78 is 3.61. The van der Waals surface area contributed by atoms with Crippen LogP contribution in [-0.2, 0) is 0 Å².